The van der Waals surface area contributed by atoms with Crippen molar-refractivity contribution in [2.75, 3.05) is 0 Å². The number of nitrogens with one attached hydrogen (secondary N) is 3. The van der Waals surface area contributed by atoms with Crippen molar-refractivity contribution >= 4 is 34.7 Å². The Bertz CT molecular complexity index is 930. The van der Waals surface area contributed by atoms with Crippen molar-refractivity contribution in [3.63, 3.8) is 0 Å². The predicted octanol–water partition coefficient (Wildman–Crippen LogP) is -0.0234. The third kappa shape index (κ3) is 5.79. The lowest BCUT2D eigenvalue weighted by molar-refractivity contribution is -0.143. The SMILES string of the molecule is CC(C)(N)C(=O)N[C@@H](CC(=O)O)C(=O)N[C@@H](Cc1c[nH]c2ccccc12)C(=O)O. The third-order valence-corrected chi connectivity index (χ3v) is 4.30. The predicted molar refractivity (Wildman–Crippen MR) is 104 cm³/mol. The third-order valence-electron chi connectivity index (χ3n) is 4.30. The lowest BCUT2D eigenvalue weighted by Gasteiger charge is -2.24. The van der Waals surface area contributed by atoms with Crippen LogP contribution in [0.4, 0.5) is 0 Å². The molecule has 2 amide bonds. The van der Waals surface area contributed by atoms with E-state index in [9.17, 15) is 24.3 Å². The van der Waals surface area contributed by atoms with Crippen LogP contribution in [0.2, 0.25) is 0 Å². The molecule has 1 aromatic carbocycles. The molecule has 0 aliphatic carbocycles. The van der Waals surface area contributed by atoms with Gasteiger partial charge in [0.2, 0.25) is 11.8 Å². The fourth-order valence-corrected chi connectivity index (χ4v) is 2.72. The number of carbonyl (C=O) groups excluding carboxylic acids is 2. The molecule has 0 saturated heterocycles. The standard InChI is InChI=1S/C19H24N4O6/c1-19(2,20)18(29)23-13(8-15(24)25)16(26)22-14(17(27)28)7-10-9-21-12-6-4-3-5-11(10)12/h3-6,9,13-14,21H,7-8,20H2,1-2H3,(H,22,26)(H,23,29)(H,24,25)(H,27,28)/t13-,14-/m0/s1. The molecule has 1 aromatic heterocycles. The van der Waals surface area contributed by atoms with Crippen LogP contribution in [0.15, 0.2) is 30.5 Å². The number of carboxylic acid groups (broad SMARTS) is 2. The Labute approximate surface area is 166 Å². The molecular formula is C19H24N4O6. The van der Waals surface area contributed by atoms with E-state index < -0.39 is 47.8 Å². The van der Waals surface area contributed by atoms with E-state index >= 15 is 0 Å². The van der Waals surface area contributed by atoms with Gasteiger partial charge in [-0.1, -0.05) is 18.2 Å². The molecule has 10 nitrogen and oxygen atoms in total. The number of carbonyl (C=O) groups is 4. The van der Waals surface area contributed by atoms with Crippen LogP contribution >= 0.6 is 0 Å². The molecule has 2 atom stereocenters. The number of hydrogen-bond acceptors (Lipinski definition) is 5. The monoisotopic (exact) mass is 404 g/mol. The number of H-pyrrole nitrogens is 1. The largest absolute Gasteiger partial charge is 0.481 e. The summed E-state index contributed by atoms with van der Waals surface area (Å²) in [6.45, 7) is 2.80. The zero-order valence-electron chi connectivity index (χ0n) is 16.1. The molecule has 0 saturated carbocycles. The molecule has 2 aromatic rings. The smallest absolute Gasteiger partial charge is 0.326 e. The van der Waals surface area contributed by atoms with Crippen LogP contribution in [0.5, 0.6) is 0 Å². The van der Waals surface area contributed by atoms with Gasteiger partial charge in [-0.2, -0.15) is 0 Å². The van der Waals surface area contributed by atoms with Gasteiger partial charge < -0.3 is 31.6 Å². The minimum absolute atomic E-state index is 0.0266. The molecule has 10 heteroatoms. The number of para-hydroxylation sites is 1. The van der Waals surface area contributed by atoms with E-state index in [4.69, 9.17) is 10.8 Å². The normalized spacial score (nSPS) is 13.5. The van der Waals surface area contributed by atoms with E-state index in [0.717, 1.165) is 10.9 Å². The first-order valence-electron chi connectivity index (χ1n) is 8.89. The molecule has 0 spiro atoms. The topological polar surface area (TPSA) is 175 Å². The van der Waals surface area contributed by atoms with Gasteiger partial charge in [-0.25, -0.2) is 4.79 Å². The van der Waals surface area contributed by atoms with E-state index in [2.05, 4.69) is 15.6 Å². The first kappa shape index (κ1) is 21.9. The van der Waals surface area contributed by atoms with E-state index in [1.54, 1.807) is 12.3 Å². The molecule has 156 valence electrons. The van der Waals surface area contributed by atoms with Crippen LogP contribution in [0.1, 0.15) is 25.8 Å². The van der Waals surface area contributed by atoms with Crippen LogP contribution in [0, 0.1) is 0 Å². The number of hydrogen-bond donors (Lipinski definition) is 6. The van der Waals surface area contributed by atoms with Crippen molar-refractivity contribution in [2.24, 2.45) is 5.73 Å². The Balaban J connectivity index is 2.18. The number of fused-ring (bicyclic) bond motifs is 1. The average molecular weight is 404 g/mol. The summed E-state index contributed by atoms with van der Waals surface area (Å²) in [5.41, 5.74) is 5.82. The number of carboxylic acids is 2. The van der Waals surface area contributed by atoms with Gasteiger partial charge in [0.25, 0.3) is 0 Å². The van der Waals surface area contributed by atoms with Gasteiger partial charge in [0.05, 0.1) is 12.0 Å². The van der Waals surface area contributed by atoms with Gasteiger partial charge in [0, 0.05) is 23.5 Å². The Morgan fingerprint density at radius 1 is 1.10 bits per heavy atom. The second kappa shape index (κ2) is 8.74. The minimum atomic E-state index is -1.47. The summed E-state index contributed by atoms with van der Waals surface area (Å²) in [4.78, 5) is 50.4. The summed E-state index contributed by atoms with van der Waals surface area (Å²) in [5, 5.41) is 23.9. The number of rotatable bonds is 9. The molecule has 0 unspecified atom stereocenters. The first-order valence-corrected chi connectivity index (χ1v) is 8.89. The van der Waals surface area contributed by atoms with Crippen LogP contribution in [0.25, 0.3) is 10.9 Å². The summed E-state index contributed by atoms with van der Waals surface area (Å²) < 4.78 is 0. The zero-order chi connectivity index (χ0) is 21.8. The van der Waals surface area contributed by atoms with E-state index in [-0.39, 0.29) is 6.42 Å². The van der Waals surface area contributed by atoms with Gasteiger partial charge in [-0.15, -0.1) is 0 Å². The summed E-state index contributed by atoms with van der Waals surface area (Å²) in [6.07, 6.45) is 0.911. The number of nitrogens with two attached hydrogens (primary N) is 1. The molecule has 2 rings (SSSR count). The van der Waals surface area contributed by atoms with Crippen molar-refractivity contribution in [1.82, 2.24) is 15.6 Å². The summed E-state index contributed by atoms with van der Waals surface area (Å²) >= 11 is 0. The highest BCUT2D eigenvalue weighted by Gasteiger charge is 2.32. The van der Waals surface area contributed by atoms with Crippen molar-refractivity contribution in [1.29, 1.82) is 0 Å². The molecule has 0 fully saturated rings. The summed E-state index contributed by atoms with van der Waals surface area (Å²) in [7, 11) is 0. The maximum absolute atomic E-state index is 12.5. The van der Waals surface area contributed by atoms with Gasteiger partial charge in [-0.3, -0.25) is 14.4 Å². The molecule has 29 heavy (non-hydrogen) atoms. The molecule has 1 heterocycles. The highest BCUT2D eigenvalue weighted by Crippen LogP contribution is 2.19. The molecule has 7 N–H and O–H groups in total. The molecule has 0 radical (unpaired) electrons. The van der Waals surface area contributed by atoms with Gasteiger partial charge in [0.15, 0.2) is 0 Å². The van der Waals surface area contributed by atoms with E-state index in [0.29, 0.717) is 5.56 Å². The van der Waals surface area contributed by atoms with Crippen molar-refractivity contribution in [3.05, 3.63) is 36.0 Å². The highest BCUT2D eigenvalue weighted by molar-refractivity contribution is 5.95. The number of aromatic amines is 1. The van der Waals surface area contributed by atoms with E-state index in [1.165, 1.54) is 13.8 Å². The van der Waals surface area contributed by atoms with Crippen LogP contribution in [-0.4, -0.2) is 56.6 Å². The minimum Gasteiger partial charge on any atom is -0.481 e. The maximum atomic E-state index is 12.5. The first-order chi connectivity index (χ1) is 13.5. The van der Waals surface area contributed by atoms with Gasteiger partial charge >= 0.3 is 11.9 Å². The summed E-state index contributed by atoms with van der Waals surface area (Å²) in [6, 6.07) is 4.50. The Hall–Kier alpha value is -3.40. The Morgan fingerprint density at radius 2 is 1.76 bits per heavy atom. The number of aliphatic carboxylic acids is 2. The molecule has 0 bridgehead atoms. The fraction of sp³-hybridized carbons (Fsp3) is 0.368. The molecule has 0 aliphatic heterocycles. The lowest BCUT2D eigenvalue weighted by atomic mass is 10.0. The fourth-order valence-electron chi connectivity index (χ4n) is 2.72. The number of benzene rings is 1. The van der Waals surface area contributed by atoms with Crippen LogP contribution < -0.4 is 16.4 Å². The average Bonchev–Trinajstić information content (AvgIpc) is 3.02. The number of aromatic nitrogens is 1. The van der Waals surface area contributed by atoms with Crippen molar-refractivity contribution in [3.8, 4) is 0 Å². The van der Waals surface area contributed by atoms with Crippen molar-refractivity contribution < 1.29 is 29.4 Å². The van der Waals surface area contributed by atoms with Crippen LogP contribution in [0.3, 0.4) is 0 Å². The quantitative estimate of drug-likeness (QED) is 0.340. The Morgan fingerprint density at radius 3 is 2.34 bits per heavy atom. The maximum Gasteiger partial charge on any atom is 0.326 e. The van der Waals surface area contributed by atoms with Gasteiger partial charge in [-0.05, 0) is 25.5 Å². The number of amides is 2. The Kier molecular flexibility index (Phi) is 6.60. The zero-order valence-corrected chi connectivity index (χ0v) is 16.1. The second-order valence-corrected chi connectivity index (χ2v) is 7.31. The van der Waals surface area contributed by atoms with Crippen LogP contribution in [-0.2, 0) is 25.6 Å². The molecule has 0 aliphatic rings. The second-order valence-electron chi connectivity index (χ2n) is 7.31. The highest BCUT2D eigenvalue weighted by atomic mass is 16.4. The van der Waals surface area contributed by atoms with E-state index in [1.807, 2.05) is 18.2 Å². The summed E-state index contributed by atoms with van der Waals surface area (Å²) in [5.74, 6) is -4.27. The van der Waals surface area contributed by atoms with Gasteiger partial charge in [0.1, 0.15) is 12.1 Å². The lowest BCUT2D eigenvalue weighted by Crippen LogP contribution is -2.58. The van der Waals surface area contributed by atoms with Crippen molar-refractivity contribution in [2.45, 2.75) is 44.3 Å². The molecular weight excluding hydrogens is 380 g/mol.